The average Bonchev–Trinajstić information content (AvgIpc) is 3.24. The summed E-state index contributed by atoms with van der Waals surface area (Å²) in [5, 5.41) is 21.7. The highest BCUT2D eigenvalue weighted by molar-refractivity contribution is 6.03. The molecular formula is C34H46N2O6. The summed E-state index contributed by atoms with van der Waals surface area (Å²) in [6, 6.07) is 3.04. The highest BCUT2D eigenvalue weighted by atomic mass is 16.5. The molecule has 42 heavy (non-hydrogen) atoms. The molecule has 2 atom stereocenters. The third-order valence-corrected chi connectivity index (χ3v) is 6.68. The number of amides is 2. The minimum Gasteiger partial charge on any atom is -0.507 e. The second-order valence-corrected chi connectivity index (χ2v) is 10.2. The molecule has 0 aliphatic carbocycles. The maximum Gasteiger partial charge on any atom is 0.339 e. The van der Waals surface area contributed by atoms with Gasteiger partial charge in [-0.3, -0.25) is 9.59 Å². The van der Waals surface area contributed by atoms with Crippen molar-refractivity contribution < 1.29 is 29.3 Å². The van der Waals surface area contributed by atoms with Crippen molar-refractivity contribution >= 4 is 23.5 Å². The minimum absolute atomic E-state index is 0.123. The zero-order chi connectivity index (χ0) is 30.6. The number of unbranched alkanes of at least 4 members (excludes halogenated alkanes) is 2. The monoisotopic (exact) mass is 578 g/mol. The van der Waals surface area contributed by atoms with Crippen LogP contribution in [-0.2, 0) is 14.3 Å². The third-order valence-electron chi connectivity index (χ3n) is 6.68. The van der Waals surface area contributed by atoms with Gasteiger partial charge in [0.1, 0.15) is 24.0 Å². The van der Waals surface area contributed by atoms with Crippen molar-refractivity contribution in [2.45, 2.75) is 83.7 Å². The van der Waals surface area contributed by atoms with Crippen molar-refractivity contribution in [3.8, 4) is 5.75 Å². The van der Waals surface area contributed by atoms with E-state index in [0.29, 0.717) is 18.7 Å². The number of ether oxygens (including phenoxy) is 1. The fraction of sp³-hybridized carbons (Fsp3) is 0.441. The summed E-state index contributed by atoms with van der Waals surface area (Å²) in [5.41, 5.74) is 0.0814. The van der Waals surface area contributed by atoms with Crippen LogP contribution in [0.5, 0.6) is 5.75 Å². The molecular weight excluding hydrogens is 532 g/mol. The number of hydrogen-bond donors (Lipinski definition) is 3. The summed E-state index contributed by atoms with van der Waals surface area (Å²) in [5.74, 6) is -2.34. The topological polar surface area (TPSA) is 116 Å². The van der Waals surface area contributed by atoms with Gasteiger partial charge in [0.15, 0.2) is 0 Å². The van der Waals surface area contributed by atoms with Gasteiger partial charge in [0.2, 0.25) is 11.8 Å². The average molecular weight is 579 g/mol. The number of nitrogens with one attached hydrogen (secondary N) is 1. The van der Waals surface area contributed by atoms with Gasteiger partial charge in [0.25, 0.3) is 0 Å². The lowest BCUT2D eigenvalue weighted by Crippen LogP contribution is -2.43. The number of phenols is 1. The molecule has 1 aliphatic heterocycles. The van der Waals surface area contributed by atoms with Gasteiger partial charge < -0.3 is 25.2 Å². The molecule has 1 aromatic carbocycles. The summed E-state index contributed by atoms with van der Waals surface area (Å²) in [6.07, 6.45) is 29.9. The van der Waals surface area contributed by atoms with Crippen LogP contribution in [0.15, 0.2) is 79.0 Å². The van der Waals surface area contributed by atoms with Gasteiger partial charge in [-0.25, -0.2) is 4.79 Å². The van der Waals surface area contributed by atoms with E-state index in [1.54, 1.807) is 0 Å². The number of carboxylic acids is 1. The Bertz CT molecular complexity index is 1150. The van der Waals surface area contributed by atoms with Crippen LogP contribution in [0, 0.1) is 0 Å². The lowest BCUT2D eigenvalue weighted by Gasteiger charge is -2.22. The van der Waals surface area contributed by atoms with Crippen LogP contribution in [0.1, 0.15) is 82.0 Å². The van der Waals surface area contributed by atoms with Crippen LogP contribution in [-0.4, -0.2) is 53.3 Å². The molecule has 8 nitrogen and oxygen atoms in total. The Morgan fingerprint density at radius 3 is 2.14 bits per heavy atom. The van der Waals surface area contributed by atoms with Crippen molar-refractivity contribution in [2.75, 3.05) is 18.1 Å². The summed E-state index contributed by atoms with van der Waals surface area (Å²) < 4.78 is 5.48. The number of allylic oxidation sites excluding steroid dienone is 10. The molecule has 0 bridgehead atoms. The number of carbonyl (C=O) groups excluding carboxylic acids is 2. The first kappa shape index (κ1) is 34.3. The van der Waals surface area contributed by atoms with E-state index in [2.05, 4.69) is 73.0 Å². The molecule has 1 aromatic rings. The molecule has 0 saturated carbocycles. The minimum atomic E-state index is -1.28. The second kappa shape index (κ2) is 20.0. The summed E-state index contributed by atoms with van der Waals surface area (Å²) in [7, 11) is 0. The van der Waals surface area contributed by atoms with Crippen LogP contribution in [0.25, 0.3) is 0 Å². The van der Waals surface area contributed by atoms with Crippen molar-refractivity contribution in [3.63, 3.8) is 0 Å². The van der Waals surface area contributed by atoms with Gasteiger partial charge in [-0.15, -0.1) is 0 Å². The summed E-state index contributed by atoms with van der Waals surface area (Å²) in [4.78, 5) is 38.0. The molecule has 1 aliphatic rings. The lowest BCUT2D eigenvalue weighted by atomic mass is 10.1. The summed E-state index contributed by atoms with van der Waals surface area (Å²) in [6.45, 7) is 4.30. The Labute approximate surface area is 250 Å². The van der Waals surface area contributed by atoms with Crippen LogP contribution in [0.2, 0.25) is 0 Å². The van der Waals surface area contributed by atoms with Crippen LogP contribution >= 0.6 is 0 Å². The van der Waals surface area contributed by atoms with Gasteiger partial charge >= 0.3 is 5.97 Å². The van der Waals surface area contributed by atoms with E-state index in [1.807, 2.05) is 6.92 Å². The van der Waals surface area contributed by atoms with Gasteiger partial charge in [0, 0.05) is 18.3 Å². The smallest absolute Gasteiger partial charge is 0.339 e. The fourth-order valence-electron chi connectivity index (χ4n) is 4.52. The molecule has 0 radical (unpaired) electrons. The number of aromatic carboxylic acids is 1. The standard InChI is InChI=1S/C34H46N2O6/c1-3-4-5-6-7-8-9-10-11-12-13-14-15-16-17-18-19-20-23-42-26-32(38)35-30-24-27(2)36(33(30)39)28-21-22-31(37)29(25-28)34(40)41/h4-5,7-8,10-11,13-14,16-17,21-22,25,27,30,37H,3,6,9,12,15,18-20,23-24,26H2,1-2H3,(H,35,38)(H,40,41)/b5-4-,8-7-,11-10-,14-13-,17-16-. The number of anilines is 1. The third kappa shape index (κ3) is 12.7. The number of aromatic hydroxyl groups is 1. The number of hydrogen-bond acceptors (Lipinski definition) is 5. The van der Waals surface area contributed by atoms with Crippen molar-refractivity contribution in [1.29, 1.82) is 0 Å². The maximum absolute atomic E-state index is 12.9. The Hall–Kier alpha value is -3.91. The van der Waals surface area contributed by atoms with Gasteiger partial charge in [-0.05, 0) is 82.9 Å². The number of benzene rings is 1. The van der Waals surface area contributed by atoms with Crippen LogP contribution in [0.4, 0.5) is 5.69 Å². The van der Waals surface area contributed by atoms with E-state index in [-0.39, 0.29) is 35.8 Å². The van der Waals surface area contributed by atoms with E-state index in [4.69, 9.17) is 4.74 Å². The fourth-order valence-corrected chi connectivity index (χ4v) is 4.52. The quantitative estimate of drug-likeness (QED) is 0.125. The predicted octanol–water partition coefficient (Wildman–Crippen LogP) is 6.64. The Morgan fingerprint density at radius 1 is 0.952 bits per heavy atom. The first-order valence-electron chi connectivity index (χ1n) is 14.9. The first-order valence-corrected chi connectivity index (χ1v) is 14.9. The Balaban J connectivity index is 1.54. The van der Waals surface area contributed by atoms with Crippen LogP contribution < -0.4 is 10.2 Å². The molecule has 1 saturated heterocycles. The van der Waals surface area contributed by atoms with E-state index in [0.717, 1.165) is 51.4 Å². The van der Waals surface area contributed by atoms with Crippen molar-refractivity contribution in [3.05, 3.63) is 84.5 Å². The normalized spacial score (nSPS) is 17.7. The molecule has 2 amide bonds. The number of rotatable bonds is 19. The molecule has 3 N–H and O–H groups in total. The molecule has 2 rings (SSSR count). The zero-order valence-electron chi connectivity index (χ0n) is 24.9. The van der Waals surface area contributed by atoms with E-state index in [9.17, 15) is 24.6 Å². The van der Waals surface area contributed by atoms with E-state index < -0.39 is 12.0 Å². The second-order valence-electron chi connectivity index (χ2n) is 10.2. The predicted molar refractivity (Wildman–Crippen MR) is 168 cm³/mol. The molecule has 0 aromatic heterocycles. The van der Waals surface area contributed by atoms with Crippen molar-refractivity contribution in [1.82, 2.24) is 5.32 Å². The molecule has 1 heterocycles. The van der Waals surface area contributed by atoms with Gasteiger partial charge in [-0.2, -0.15) is 0 Å². The molecule has 1 fully saturated rings. The van der Waals surface area contributed by atoms with E-state index in [1.165, 1.54) is 23.1 Å². The Morgan fingerprint density at radius 2 is 1.55 bits per heavy atom. The number of nitrogens with zero attached hydrogens (tertiary/aromatic N) is 1. The maximum atomic E-state index is 12.9. The largest absolute Gasteiger partial charge is 0.507 e. The molecule has 8 heteroatoms. The molecule has 2 unspecified atom stereocenters. The lowest BCUT2D eigenvalue weighted by molar-refractivity contribution is -0.129. The van der Waals surface area contributed by atoms with Gasteiger partial charge in [0.05, 0.1) is 0 Å². The highest BCUT2D eigenvalue weighted by Crippen LogP contribution is 2.30. The molecule has 228 valence electrons. The summed E-state index contributed by atoms with van der Waals surface area (Å²) >= 11 is 0. The Kier molecular flexibility index (Phi) is 16.4. The van der Waals surface area contributed by atoms with E-state index >= 15 is 0 Å². The van der Waals surface area contributed by atoms with Gasteiger partial charge in [-0.1, -0.05) is 67.7 Å². The zero-order valence-corrected chi connectivity index (χ0v) is 24.9. The SMILES string of the molecule is CC/C=C\C/C=C\C/C=C\C/C=C\C/C=C\CCCCOCC(=O)NC1CC(C)N(c2ccc(O)c(C(=O)O)c2)C1=O. The number of carbonyl (C=O) groups is 3. The number of carboxylic acid groups (broad SMARTS) is 1. The molecule has 0 spiro atoms. The highest BCUT2D eigenvalue weighted by Gasteiger charge is 2.39. The van der Waals surface area contributed by atoms with Crippen LogP contribution in [0.3, 0.4) is 0 Å². The first-order chi connectivity index (χ1) is 20.3. The van der Waals surface area contributed by atoms with Crippen molar-refractivity contribution in [2.24, 2.45) is 0 Å².